The summed E-state index contributed by atoms with van der Waals surface area (Å²) in [7, 11) is -3.40. The second-order valence-corrected chi connectivity index (χ2v) is 7.17. The Kier molecular flexibility index (Phi) is 3.55. The Bertz CT molecular complexity index is 562. The molecular formula is C12H12BrNO2S. The molecule has 0 heterocycles. The third-order valence-corrected chi connectivity index (χ3v) is 6.44. The number of nitriles is 1. The van der Waals surface area contributed by atoms with Crippen molar-refractivity contribution in [1.82, 2.24) is 0 Å². The van der Waals surface area contributed by atoms with Gasteiger partial charge in [0.05, 0.1) is 22.1 Å². The van der Waals surface area contributed by atoms with Gasteiger partial charge in [-0.15, -0.1) is 0 Å². The van der Waals surface area contributed by atoms with E-state index in [4.69, 9.17) is 5.26 Å². The molecule has 17 heavy (non-hydrogen) atoms. The molecule has 1 aromatic carbocycles. The van der Waals surface area contributed by atoms with E-state index < -0.39 is 15.1 Å². The molecule has 1 aliphatic carbocycles. The van der Waals surface area contributed by atoms with Crippen molar-refractivity contribution in [2.75, 3.05) is 0 Å². The number of sulfone groups is 1. The summed E-state index contributed by atoms with van der Waals surface area (Å²) in [5.74, 6) is -0.368. The van der Waals surface area contributed by atoms with E-state index in [0.717, 1.165) is 6.42 Å². The van der Waals surface area contributed by atoms with Crippen molar-refractivity contribution >= 4 is 25.8 Å². The Balaban J connectivity index is 2.45. The first-order chi connectivity index (χ1) is 8.07. The van der Waals surface area contributed by atoms with Crippen LogP contribution in [-0.4, -0.2) is 13.7 Å². The fraction of sp³-hybridized carbons (Fsp3) is 0.417. The molecule has 0 aliphatic heterocycles. The normalized spacial score (nSPS) is 24.5. The SMILES string of the molecule is N#CC1CCCC1S(=O)(=O)c1ccccc1Br. The Morgan fingerprint density at radius 3 is 2.65 bits per heavy atom. The zero-order valence-electron chi connectivity index (χ0n) is 9.14. The van der Waals surface area contributed by atoms with Crippen LogP contribution in [0.2, 0.25) is 0 Å². The van der Waals surface area contributed by atoms with E-state index in [1.54, 1.807) is 24.3 Å². The average molecular weight is 314 g/mol. The second kappa shape index (κ2) is 4.79. The first kappa shape index (κ1) is 12.6. The molecule has 0 radical (unpaired) electrons. The highest BCUT2D eigenvalue weighted by molar-refractivity contribution is 9.10. The predicted molar refractivity (Wildman–Crippen MR) is 68.1 cm³/mol. The number of hydrogen-bond acceptors (Lipinski definition) is 3. The third-order valence-electron chi connectivity index (χ3n) is 3.16. The summed E-state index contributed by atoms with van der Waals surface area (Å²) in [5, 5.41) is 8.44. The summed E-state index contributed by atoms with van der Waals surface area (Å²) >= 11 is 3.26. The molecule has 0 amide bonds. The zero-order chi connectivity index (χ0) is 12.5. The number of benzene rings is 1. The van der Waals surface area contributed by atoms with Crippen LogP contribution >= 0.6 is 15.9 Å². The number of nitrogens with zero attached hydrogens (tertiary/aromatic N) is 1. The average Bonchev–Trinajstić information content (AvgIpc) is 2.78. The molecule has 5 heteroatoms. The summed E-state index contributed by atoms with van der Waals surface area (Å²) in [6, 6.07) is 8.90. The van der Waals surface area contributed by atoms with Crippen LogP contribution in [0.4, 0.5) is 0 Å². The Hall–Kier alpha value is -0.860. The van der Waals surface area contributed by atoms with Gasteiger partial charge in [-0.25, -0.2) is 8.42 Å². The van der Waals surface area contributed by atoms with E-state index >= 15 is 0 Å². The van der Waals surface area contributed by atoms with Crippen LogP contribution < -0.4 is 0 Å². The van der Waals surface area contributed by atoms with Crippen LogP contribution in [0.15, 0.2) is 33.6 Å². The zero-order valence-corrected chi connectivity index (χ0v) is 11.5. The van der Waals surface area contributed by atoms with Crippen LogP contribution in [0, 0.1) is 17.2 Å². The van der Waals surface area contributed by atoms with E-state index in [9.17, 15) is 8.42 Å². The van der Waals surface area contributed by atoms with Gasteiger partial charge in [0.1, 0.15) is 0 Å². The lowest BCUT2D eigenvalue weighted by Gasteiger charge is -2.15. The third kappa shape index (κ3) is 2.24. The maximum atomic E-state index is 12.4. The summed E-state index contributed by atoms with van der Waals surface area (Å²) in [6.07, 6.45) is 2.08. The van der Waals surface area contributed by atoms with E-state index in [1.165, 1.54) is 0 Å². The lowest BCUT2D eigenvalue weighted by Crippen LogP contribution is -2.24. The summed E-state index contributed by atoms with van der Waals surface area (Å²) in [6.45, 7) is 0. The van der Waals surface area contributed by atoms with Crippen molar-refractivity contribution < 1.29 is 8.42 Å². The van der Waals surface area contributed by atoms with Crippen molar-refractivity contribution in [1.29, 1.82) is 5.26 Å². The van der Waals surface area contributed by atoms with E-state index in [1.807, 2.05) is 0 Å². The van der Waals surface area contributed by atoms with Gasteiger partial charge in [-0.05, 0) is 40.9 Å². The molecule has 2 atom stereocenters. The molecule has 0 N–H and O–H groups in total. The van der Waals surface area contributed by atoms with E-state index in [2.05, 4.69) is 22.0 Å². The summed E-state index contributed by atoms with van der Waals surface area (Å²) < 4.78 is 25.5. The quantitative estimate of drug-likeness (QED) is 0.843. The van der Waals surface area contributed by atoms with E-state index in [-0.39, 0.29) is 5.92 Å². The molecule has 90 valence electrons. The highest BCUT2D eigenvalue weighted by Gasteiger charge is 2.39. The second-order valence-electron chi connectivity index (χ2n) is 4.18. The Morgan fingerprint density at radius 1 is 1.29 bits per heavy atom. The van der Waals surface area contributed by atoms with Crippen LogP contribution in [0.3, 0.4) is 0 Å². The lowest BCUT2D eigenvalue weighted by atomic mass is 10.1. The molecule has 2 rings (SSSR count). The highest BCUT2D eigenvalue weighted by Crippen LogP contribution is 2.36. The number of hydrogen-bond donors (Lipinski definition) is 0. The molecule has 1 saturated carbocycles. The van der Waals surface area contributed by atoms with Gasteiger partial charge in [-0.1, -0.05) is 18.6 Å². The Labute approximate surface area is 110 Å². The monoisotopic (exact) mass is 313 g/mol. The van der Waals surface area contributed by atoms with Crippen molar-refractivity contribution in [3.05, 3.63) is 28.7 Å². The first-order valence-corrected chi connectivity index (χ1v) is 7.79. The number of rotatable bonds is 2. The molecule has 1 fully saturated rings. The van der Waals surface area contributed by atoms with E-state index in [0.29, 0.717) is 22.2 Å². The smallest absolute Gasteiger partial charge is 0.183 e. The van der Waals surface area contributed by atoms with Crippen molar-refractivity contribution in [2.45, 2.75) is 29.4 Å². The van der Waals surface area contributed by atoms with Gasteiger partial charge in [-0.3, -0.25) is 0 Å². The highest BCUT2D eigenvalue weighted by atomic mass is 79.9. The molecule has 0 bridgehead atoms. The minimum absolute atomic E-state index is 0.298. The molecule has 1 aliphatic rings. The maximum absolute atomic E-state index is 12.4. The molecule has 3 nitrogen and oxygen atoms in total. The van der Waals surface area contributed by atoms with Gasteiger partial charge in [0.2, 0.25) is 0 Å². The van der Waals surface area contributed by atoms with Gasteiger partial charge in [0, 0.05) is 4.47 Å². The molecular weight excluding hydrogens is 302 g/mol. The molecule has 0 aromatic heterocycles. The fourth-order valence-electron chi connectivity index (χ4n) is 2.28. The van der Waals surface area contributed by atoms with Gasteiger partial charge in [0.15, 0.2) is 9.84 Å². The van der Waals surface area contributed by atoms with Gasteiger partial charge >= 0.3 is 0 Å². The summed E-state index contributed by atoms with van der Waals surface area (Å²) in [5.41, 5.74) is 0. The first-order valence-electron chi connectivity index (χ1n) is 5.45. The van der Waals surface area contributed by atoms with Crippen LogP contribution in [0.5, 0.6) is 0 Å². The largest absolute Gasteiger partial charge is 0.223 e. The molecule has 0 saturated heterocycles. The van der Waals surface area contributed by atoms with Crippen molar-refractivity contribution in [2.24, 2.45) is 5.92 Å². The van der Waals surface area contributed by atoms with Crippen LogP contribution in [-0.2, 0) is 9.84 Å². The van der Waals surface area contributed by atoms with Gasteiger partial charge in [-0.2, -0.15) is 5.26 Å². The van der Waals surface area contributed by atoms with Crippen LogP contribution in [0.1, 0.15) is 19.3 Å². The predicted octanol–water partition coefficient (Wildman–Crippen LogP) is 2.92. The van der Waals surface area contributed by atoms with Gasteiger partial charge in [0.25, 0.3) is 0 Å². The molecule has 0 spiro atoms. The van der Waals surface area contributed by atoms with Crippen LogP contribution in [0.25, 0.3) is 0 Å². The van der Waals surface area contributed by atoms with Gasteiger partial charge < -0.3 is 0 Å². The Morgan fingerprint density at radius 2 is 2.00 bits per heavy atom. The lowest BCUT2D eigenvalue weighted by molar-refractivity contribution is 0.565. The van der Waals surface area contributed by atoms with Crippen molar-refractivity contribution in [3.8, 4) is 6.07 Å². The number of halogens is 1. The standard InChI is InChI=1S/C12H12BrNO2S/c13-10-5-1-2-6-12(10)17(15,16)11-7-3-4-9(11)8-14/h1-2,5-6,9,11H,3-4,7H2. The fourth-order valence-corrected chi connectivity index (χ4v) is 5.29. The molecule has 1 aromatic rings. The topological polar surface area (TPSA) is 57.9 Å². The summed E-state index contributed by atoms with van der Waals surface area (Å²) in [4.78, 5) is 0.298. The minimum Gasteiger partial charge on any atom is -0.223 e. The molecule has 2 unspecified atom stereocenters. The minimum atomic E-state index is -3.40. The van der Waals surface area contributed by atoms with Crippen molar-refractivity contribution in [3.63, 3.8) is 0 Å². The maximum Gasteiger partial charge on any atom is 0.183 e.